The van der Waals surface area contributed by atoms with Gasteiger partial charge in [0.2, 0.25) is 0 Å². The topological polar surface area (TPSA) is 78.4 Å². The third kappa shape index (κ3) is 4.57. The van der Waals surface area contributed by atoms with Crippen molar-refractivity contribution in [3.63, 3.8) is 0 Å². The van der Waals surface area contributed by atoms with Gasteiger partial charge in [0.15, 0.2) is 0 Å². The van der Waals surface area contributed by atoms with Gasteiger partial charge >= 0.3 is 11.8 Å². The molecule has 0 saturated carbocycles. The monoisotopic (exact) mass is 340 g/mol. The van der Waals surface area contributed by atoms with Crippen LogP contribution in [0.15, 0.2) is 35.7 Å². The average Bonchev–Trinajstić information content (AvgIpc) is 2.98. The normalized spacial score (nSPS) is 13.2. The zero-order valence-electron chi connectivity index (χ0n) is 12.1. The van der Waals surface area contributed by atoms with Gasteiger partial charge in [-0.3, -0.25) is 9.59 Å². The fraction of sp³-hybridized carbons (Fsp3) is 0.200. The van der Waals surface area contributed by atoms with Gasteiger partial charge in [-0.25, -0.2) is 8.78 Å². The smallest absolute Gasteiger partial charge is 0.313 e. The number of benzene rings is 1. The minimum atomic E-state index is -1.32. The summed E-state index contributed by atoms with van der Waals surface area (Å²) in [6.07, 6.45) is 0. The van der Waals surface area contributed by atoms with Crippen LogP contribution in [0.3, 0.4) is 0 Å². The van der Waals surface area contributed by atoms with Crippen molar-refractivity contribution < 1.29 is 23.5 Å². The van der Waals surface area contributed by atoms with E-state index in [0.717, 1.165) is 12.1 Å². The van der Waals surface area contributed by atoms with E-state index in [2.05, 4.69) is 10.6 Å². The van der Waals surface area contributed by atoms with Crippen LogP contribution in [-0.4, -0.2) is 23.5 Å². The van der Waals surface area contributed by atoms with Crippen LogP contribution < -0.4 is 10.6 Å². The highest BCUT2D eigenvalue weighted by Crippen LogP contribution is 2.24. The number of nitrogens with one attached hydrogen (secondary N) is 2. The van der Waals surface area contributed by atoms with Crippen LogP contribution in [0.4, 0.5) is 14.5 Å². The Morgan fingerprint density at radius 3 is 2.43 bits per heavy atom. The molecule has 5 nitrogen and oxygen atoms in total. The van der Waals surface area contributed by atoms with E-state index in [1.165, 1.54) is 18.3 Å². The number of anilines is 1. The summed E-state index contributed by atoms with van der Waals surface area (Å²) in [6.45, 7) is 1.32. The summed E-state index contributed by atoms with van der Waals surface area (Å²) in [7, 11) is 0. The molecule has 0 fully saturated rings. The molecule has 1 heterocycles. The summed E-state index contributed by atoms with van der Waals surface area (Å²) in [6, 6.07) is 5.87. The Balaban J connectivity index is 1.94. The molecule has 0 bridgehead atoms. The van der Waals surface area contributed by atoms with Crippen LogP contribution in [0.25, 0.3) is 0 Å². The van der Waals surface area contributed by atoms with Crippen LogP contribution in [0.1, 0.15) is 11.8 Å². The van der Waals surface area contributed by atoms with Gasteiger partial charge in [-0.15, -0.1) is 11.3 Å². The standard InChI is InChI=1S/C15H14F2N2O3S/c1-15(22,12-3-2-4-23-12)8-18-13(20)14(21)19-11-6-9(16)5-10(17)7-11/h2-7,22H,8H2,1H3,(H,18,20)(H,19,21). The number of aliphatic hydroxyl groups is 1. The molecule has 122 valence electrons. The van der Waals surface area contributed by atoms with Gasteiger partial charge < -0.3 is 15.7 Å². The Hall–Kier alpha value is -2.32. The van der Waals surface area contributed by atoms with E-state index in [1.54, 1.807) is 17.5 Å². The number of thiophene rings is 1. The van der Waals surface area contributed by atoms with Crippen molar-refractivity contribution in [2.24, 2.45) is 0 Å². The van der Waals surface area contributed by atoms with Gasteiger partial charge in [-0.2, -0.15) is 0 Å². The SMILES string of the molecule is CC(O)(CNC(=O)C(=O)Nc1cc(F)cc(F)c1)c1cccs1. The largest absolute Gasteiger partial charge is 0.383 e. The number of hydrogen-bond acceptors (Lipinski definition) is 4. The average molecular weight is 340 g/mol. The molecule has 0 aliphatic rings. The van der Waals surface area contributed by atoms with Gasteiger partial charge in [0, 0.05) is 16.6 Å². The molecule has 0 saturated heterocycles. The summed E-state index contributed by atoms with van der Waals surface area (Å²) < 4.78 is 26.0. The Morgan fingerprint density at radius 1 is 1.22 bits per heavy atom. The van der Waals surface area contributed by atoms with Gasteiger partial charge in [0.05, 0.1) is 6.54 Å². The maximum absolute atomic E-state index is 13.0. The first-order chi connectivity index (χ1) is 10.8. The Morgan fingerprint density at radius 2 is 1.87 bits per heavy atom. The summed E-state index contributed by atoms with van der Waals surface area (Å²) in [5, 5.41) is 16.4. The molecule has 23 heavy (non-hydrogen) atoms. The summed E-state index contributed by atoms with van der Waals surface area (Å²) in [5.74, 6) is -3.86. The van der Waals surface area contributed by atoms with Crippen molar-refractivity contribution in [2.45, 2.75) is 12.5 Å². The van der Waals surface area contributed by atoms with E-state index in [4.69, 9.17) is 0 Å². The Kier molecular flexibility index (Phi) is 5.07. The number of carbonyl (C=O) groups excluding carboxylic acids is 2. The first-order valence-electron chi connectivity index (χ1n) is 6.59. The number of rotatable bonds is 4. The highest BCUT2D eigenvalue weighted by atomic mass is 32.1. The van der Waals surface area contributed by atoms with Crippen LogP contribution >= 0.6 is 11.3 Å². The lowest BCUT2D eigenvalue weighted by atomic mass is 10.1. The van der Waals surface area contributed by atoms with Crippen molar-refractivity contribution >= 4 is 28.8 Å². The zero-order valence-corrected chi connectivity index (χ0v) is 12.9. The number of halogens is 2. The molecular weight excluding hydrogens is 326 g/mol. The predicted molar refractivity (Wildman–Crippen MR) is 81.9 cm³/mol. The van der Waals surface area contributed by atoms with Crippen molar-refractivity contribution in [2.75, 3.05) is 11.9 Å². The van der Waals surface area contributed by atoms with Gasteiger partial charge in [-0.1, -0.05) is 6.07 Å². The van der Waals surface area contributed by atoms with Crippen molar-refractivity contribution in [3.05, 3.63) is 52.2 Å². The van der Waals surface area contributed by atoms with Crippen LogP contribution in [0.5, 0.6) is 0 Å². The predicted octanol–water partition coefficient (Wildman–Crippen LogP) is 1.99. The molecule has 2 amide bonds. The lowest BCUT2D eigenvalue weighted by molar-refractivity contribution is -0.136. The second kappa shape index (κ2) is 6.84. The van der Waals surface area contributed by atoms with E-state index >= 15 is 0 Å². The lowest BCUT2D eigenvalue weighted by Crippen LogP contribution is -2.43. The first-order valence-corrected chi connectivity index (χ1v) is 7.47. The third-order valence-corrected chi connectivity index (χ3v) is 4.09. The maximum atomic E-state index is 13.0. The van der Waals surface area contributed by atoms with E-state index in [0.29, 0.717) is 10.9 Å². The van der Waals surface area contributed by atoms with Crippen molar-refractivity contribution in [1.29, 1.82) is 0 Å². The summed E-state index contributed by atoms with van der Waals surface area (Å²) >= 11 is 1.31. The number of carbonyl (C=O) groups is 2. The van der Waals surface area contributed by atoms with E-state index in [1.807, 2.05) is 0 Å². The molecule has 0 aliphatic heterocycles. The lowest BCUT2D eigenvalue weighted by Gasteiger charge is -2.22. The highest BCUT2D eigenvalue weighted by Gasteiger charge is 2.26. The number of hydrogen-bond donors (Lipinski definition) is 3. The molecule has 0 aliphatic carbocycles. The van der Waals surface area contributed by atoms with Crippen LogP contribution in [0, 0.1) is 11.6 Å². The fourth-order valence-corrected chi connectivity index (χ4v) is 2.61. The van der Waals surface area contributed by atoms with E-state index < -0.39 is 29.0 Å². The Labute approximate surface area is 135 Å². The van der Waals surface area contributed by atoms with E-state index in [-0.39, 0.29) is 12.2 Å². The Bertz CT molecular complexity index is 697. The molecule has 0 spiro atoms. The van der Waals surface area contributed by atoms with Gasteiger partial charge in [0.25, 0.3) is 0 Å². The van der Waals surface area contributed by atoms with E-state index in [9.17, 15) is 23.5 Å². The van der Waals surface area contributed by atoms with Gasteiger partial charge in [0.1, 0.15) is 17.2 Å². The van der Waals surface area contributed by atoms with Crippen molar-refractivity contribution in [1.82, 2.24) is 5.32 Å². The second-order valence-electron chi connectivity index (χ2n) is 5.05. The molecule has 1 aromatic heterocycles. The zero-order chi connectivity index (χ0) is 17.0. The molecule has 2 aromatic rings. The minimum Gasteiger partial charge on any atom is -0.383 e. The maximum Gasteiger partial charge on any atom is 0.313 e. The molecule has 1 atom stereocenters. The third-order valence-electron chi connectivity index (χ3n) is 2.97. The molecule has 3 N–H and O–H groups in total. The highest BCUT2D eigenvalue weighted by molar-refractivity contribution is 7.10. The van der Waals surface area contributed by atoms with Gasteiger partial charge in [-0.05, 0) is 30.5 Å². The van der Waals surface area contributed by atoms with Crippen LogP contribution in [0.2, 0.25) is 0 Å². The molecule has 8 heteroatoms. The molecular formula is C15H14F2N2O3S. The minimum absolute atomic E-state index is 0.173. The molecule has 1 aromatic carbocycles. The number of amides is 2. The van der Waals surface area contributed by atoms with Crippen molar-refractivity contribution in [3.8, 4) is 0 Å². The molecule has 2 rings (SSSR count). The second-order valence-corrected chi connectivity index (χ2v) is 5.99. The first kappa shape index (κ1) is 17.0. The van der Waals surface area contributed by atoms with Crippen LogP contribution in [-0.2, 0) is 15.2 Å². The fourth-order valence-electron chi connectivity index (χ4n) is 1.82. The summed E-state index contributed by atoms with van der Waals surface area (Å²) in [4.78, 5) is 24.0. The molecule has 0 radical (unpaired) electrons. The summed E-state index contributed by atoms with van der Waals surface area (Å²) in [5.41, 5.74) is -1.50. The quantitative estimate of drug-likeness (QED) is 0.745. The molecule has 1 unspecified atom stereocenters.